The van der Waals surface area contributed by atoms with E-state index in [1.807, 2.05) is 26.0 Å². The highest BCUT2D eigenvalue weighted by Crippen LogP contribution is 2.12. The molecule has 0 atom stereocenters. The molecule has 0 spiro atoms. The zero-order valence-electron chi connectivity index (χ0n) is 9.60. The van der Waals surface area contributed by atoms with Gasteiger partial charge in [-0.2, -0.15) is 5.26 Å². The van der Waals surface area contributed by atoms with Gasteiger partial charge >= 0.3 is 4.87 Å². The number of hydrogen-bond acceptors (Lipinski definition) is 4. The smallest absolute Gasteiger partial charge is 0.299 e. The molecule has 0 amide bonds. The van der Waals surface area contributed by atoms with Crippen molar-refractivity contribution in [2.75, 3.05) is 0 Å². The van der Waals surface area contributed by atoms with Gasteiger partial charge in [0.25, 0.3) is 0 Å². The van der Waals surface area contributed by atoms with E-state index in [1.54, 1.807) is 16.8 Å². The molecule has 2 rings (SSSR count). The first-order valence-electron chi connectivity index (χ1n) is 5.13. The number of hydrogen-bond donors (Lipinski definition) is 0. The number of aromatic nitrogens is 2. The van der Waals surface area contributed by atoms with E-state index in [0.717, 1.165) is 16.1 Å². The summed E-state index contributed by atoms with van der Waals surface area (Å²) < 4.78 is 1.72. The van der Waals surface area contributed by atoms with Gasteiger partial charge in [0.1, 0.15) is 11.8 Å². The van der Waals surface area contributed by atoms with Crippen molar-refractivity contribution in [2.24, 2.45) is 0 Å². The Labute approximate surface area is 103 Å². The highest BCUT2D eigenvalue weighted by atomic mass is 32.1. The average Bonchev–Trinajstić information content (AvgIpc) is 2.56. The molecule has 0 fully saturated rings. The Morgan fingerprint density at radius 2 is 2.29 bits per heavy atom. The minimum absolute atomic E-state index is 0.0373. The minimum atomic E-state index is 0.0373. The van der Waals surface area contributed by atoms with Gasteiger partial charge in [-0.15, -0.1) is 0 Å². The predicted molar refractivity (Wildman–Crippen MR) is 66.1 cm³/mol. The van der Waals surface area contributed by atoms with Crippen molar-refractivity contribution in [1.82, 2.24) is 9.55 Å². The van der Waals surface area contributed by atoms with E-state index in [9.17, 15) is 4.79 Å². The highest BCUT2D eigenvalue weighted by Gasteiger charge is 2.08. The third-order valence-corrected chi connectivity index (χ3v) is 3.65. The lowest BCUT2D eigenvalue weighted by atomic mass is 10.2. The molecule has 17 heavy (non-hydrogen) atoms. The third kappa shape index (κ3) is 2.27. The van der Waals surface area contributed by atoms with Crippen LogP contribution in [0.4, 0.5) is 0 Å². The highest BCUT2D eigenvalue weighted by molar-refractivity contribution is 7.09. The van der Waals surface area contributed by atoms with Gasteiger partial charge in [0, 0.05) is 16.8 Å². The Morgan fingerprint density at radius 1 is 1.53 bits per heavy atom. The van der Waals surface area contributed by atoms with E-state index in [4.69, 9.17) is 5.26 Å². The zero-order chi connectivity index (χ0) is 12.4. The molecular weight excluding hydrogens is 234 g/mol. The van der Waals surface area contributed by atoms with Gasteiger partial charge in [0.2, 0.25) is 0 Å². The maximum Gasteiger partial charge on any atom is 0.307 e. The minimum Gasteiger partial charge on any atom is -0.299 e. The molecule has 0 aliphatic carbocycles. The van der Waals surface area contributed by atoms with Gasteiger partial charge < -0.3 is 0 Å². The first kappa shape index (κ1) is 11.6. The van der Waals surface area contributed by atoms with Crippen molar-refractivity contribution < 1.29 is 0 Å². The number of nitriles is 1. The van der Waals surface area contributed by atoms with Gasteiger partial charge in [0.15, 0.2) is 0 Å². The van der Waals surface area contributed by atoms with E-state index in [-0.39, 0.29) is 4.87 Å². The molecule has 0 N–H and O–H groups in total. The fourth-order valence-corrected chi connectivity index (χ4v) is 2.42. The molecule has 4 nitrogen and oxygen atoms in total. The largest absolute Gasteiger partial charge is 0.307 e. The van der Waals surface area contributed by atoms with Crippen LogP contribution in [0.5, 0.6) is 0 Å². The van der Waals surface area contributed by atoms with Gasteiger partial charge in [-0.3, -0.25) is 9.36 Å². The third-order valence-electron chi connectivity index (χ3n) is 2.65. The van der Waals surface area contributed by atoms with Gasteiger partial charge in [-0.05, 0) is 31.5 Å². The monoisotopic (exact) mass is 245 g/mol. The maximum absolute atomic E-state index is 11.7. The molecule has 0 saturated heterocycles. The lowest BCUT2D eigenvalue weighted by Gasteiger charge is -2.04. The molecule has 5 heteroatoms. The number of rotatable bonds is 2. The van der Waals surface area contributed by atoms with E-state index in [2.05, 4.69) is 4.98 Å². The fraction of sp³-hybridized carbons (Fsp3) is 0.250. The second kappa shape index (κ2) is 4.52. The Morgan fingerprint density at radius 3 is 2.88 bits per heavy atom. The molecule has 2 aromatic rings. The van der Waals surface area contributed by atoms with Crippen LogP contribution in [0.1, 0.15) is 21.8 Å². The fourth-order valence-electron chi connectivity index (χ4n) is 1.59. The first-order chi connectivity index (χ1) is 8.11. The van der Waals surface area contributed by atoms with E-state index < -0.39 is 0 Å². The Bertz CT molecular complexity index is 649. The second-order valence-electron chi connectivity index (χ2n) is 3.76. The standard InChI is InChI=1S/C12H11N3OS/c1-8-9(2)17-12(16)15(8)7-10-3-4-14-11(5-10)6-13/h3-5H,7H2,1-2H3. The Hall–Kier alpha value is -1.93. The van der Waals surface area contributed by atoms with Gasteiger partial charge in [0.05, 0.1) is 6.54 Å². The lowest BCUT2D eigenvalue weighted by Crippen LogP contribution is -2.15. The van der Waals surface area contributed by atoms with Crippen LogP contribution in [-0.2, 0) is 6.54 Å². The van der Waals surface area contributed by atoms with E-state index >= 15 is 0 Å². The second-order valence-corrected chi connectivity index (χ2v) is 4.92. The van der Waals surface area contributed by atoms with Gasteiger partial charge in [-0.25, -0.2) is 4.98 Å². The summed E-state index contributed by atoms with van der Waals surface area (Å²) in [5.74, 6) is 0. The average molecular weight is 245 g/mol. The molecule has 0 unspecified atom stereocenters. The topological polar surface area (TPSA) is 58.7 Å². The summed E-state index contributed by atoms with van der Waals surface area (Å²) in [6, 6.07) is 5.52. The van der Waals surface area contributed by atoms with E-state index in [0.29, 0.717) is 12.2 Å². The van der Waals surface area contributed by atoms with Crippen molar-refractivity contribution >= 4 is 11.3 Å². The number of aryl methyl sites for hydroxylation is 1. The summed E-state index contributed by atoms with van der Waals surface area (Å²) >= 11 is 1.25. The van der Waals surface area contributed by atoms with E-state index in [1.165, 1.54) is 11.3 Å². The number of nitrogens with zero attached hydrogens (tertiary/aromatic N) is 3. The number of thiazole rings is 1. The molecule has 0 bridgehead atoms. The zero-order valence-corrected chi connectivity index (χ0v) is 10.4. The molecule has 0 aliphatic heterocycles. The van der Waals surface area contributed by atoms with Crippen LogP contribution in [0.15, 0.2) is 23.1 Å². The van der Waals surface area contributed by atoms with Crippen molar-refractivity contribution in [1.29, 1.82) is 5.26 Å². The number of pyridine rings is 1. The van der Waals surface area contributed by atoms with Crippen molar-refractivity contribution in [2.45, 2.75) is 20.4 Å². The van der Waals surface area contributed by atoms with Crippen molar-refractivity contribution in [3.63, 3.8) is 0 Å². The quantitative estimate of drug-likeness (QED) is 0.811. The Balaban J connectivity index is 2.38. The van der Waals surface area contributed by atoms with Crippen LogP contribution in [0, 0.1) is 25.2 Å². The van der Waals surface area contributed by atoms with Crippen LogP contribution in [0.3, 0.4) is 0 Å². The lowest BCUT2D eigenvalue weighted by molar-refractivity contribution is 0.750. The molecule has 86 valence electrons. The van der Waals surface area contributed by atoms with Crippen LogP contribution in [-0.4, -0.2) is 9.55 Å². The first-order valence-corrected chi connectivity index (χ1v) is 5.95. The molecule has 0 saturated carbocycles. The van der Waals surface area contributed by atoms with Crippen molar-refractivity contribution in [3.8, 4) is 6.07 Å². The molecular formula is C12H11N3OS. The van der Waals surface area contributed by atoms with Crippen LogP contribution in [0.25, 0.3) is 0 Å². The van der Waals surface area contributed by atoms with Gasteiger partial charge in [-0.1, -0.05) is 11.3 Å². The normalized spacial score (nSPS) is 10.2. The summed E-state index contributed by atoms with van der Waals surface area (Å²) in [6.07, 6.45) is 1.59. The predicted octanol–water partition coefficient (Wildman–Crippen LogP) is 1.84. The molecule has 0 aromatic carbocycles. The SMILES string of the molecule is Cc1sc(=O)n(Cc2ccnc(C#N)c2)c1C. The maximum atomic E-state index is 11.7. The van der Waals surface area contributed by atoms with Crippen molar-refractivity contribution in [3.05, 3.63) is 49.8 Å². The summed E-state index contributed by atoms with van der Waals surface area (Å²) in [5.41, 5.74) is 2.27. The Kier molecular flexibility index (Phi) is 3.07. The summed E-state index contributed by atoms with van der Waals surface area (Å²) in [4.78, 5) is 16.7. The molecule has 0 aliphatic rings. The molecule has 0 radical (unpaired) electrons. The summed E-state index contributed by atoms with van der Waals surface area (Å²) in [6.45, 7) is 4.36. The summed E-state index contributed by atoms with van der Waals surface area (Å²) in [7, 11) is 0. The van der Waals surface area contributed by atoms with Crippen LogP contribution in [0.2, 0.25) is 0 Å². The summed E-state index contributed by atoms with van der Waals surface area (Å²) in [5, 5.41) is 8.76. The van der Waals surface area contributed by atoms with Crippen LogP contribution < -0.4 is 4.87 Å². The van der Waals surface area contributed by atoms with Crippen LogP contribution >= 0.6 is 11.3 Å². The molecule has 2 aromatic heterocycles. The molecule has 2 heterocycles.